The van der Waals surface area contributed by atoms with E-state index in [2.05, 4.69) is 44.4 Å². The number of ether oxygens (including phenoxy) is 1. The van der Waals surface area contributed by atoms with Gasteiger partial charge in [-0.05, 0) is 50.1 Å². The van der Waals surface area contributed by atoms with Crippen molar-refractivity contribution in [2.24, 2.45) is 7.05 Å². The molecule has 1 fully saturated rings. The first kappa shape index (κ1) is 25.1. The van der Waals surface area contributed by atoms with Crippen LogP contribution in [0.1, 0.15) is 40.7 Å². The molecule has 194 valence electrons. The summed E-state index contributed by atoms with van der Waals surface area (Å²) in [5, 5.41) is 7.55. The molecule has 1 saturated heterocycles. The molecule has 1 aliphatic carbocycles. The van der Waals surface area contributed by atoms with E-state index in [0.29, 0.717) is 18.1 Å². The van der Waals surface area contributed by atoms with E-state index in [-0.39, 0.29) is 11.9 Å². The number of benzene rings is 1. The van der Waals surface area contributed by atoms with Gasteiger partial charge < -0.3 is 15.0 Å². The first-order chi connectivity index (χ1) is 17.8. The zero-order valence-electron chi connectivity index (χ0n) is 22.3. The Kier molecular flexibility index (Phi) is 7.08. The van der Waals surface area contributed by atoms with Gasteiger partial charge in [0.2, 0.25) is 11.8 Å². The second-order valence-corrected chi connectivity index (χ2v) is 9.99. The summed E-state index contributed by atoms with van der Waals surface area (Å²) in [6, 6.07) is 5.94. The summed E-state index contributed by atoms with van der Waals surface area (Å²) < 4.78 is 7.14. The minimum absolute atomic E-state index is 0.0392. The second-order valence-electron chi connectivity index (χ2n) is 9.99. The van der Waals surface area contributed by atoms with Crippen LogP contribution < -0.4 is 10.1 Å². The number of nitrogens with one attached hydrogen (secondary N) is 1. The lowest BCUT2D eigenvalue weighted by Crippen LogP contribution is -2.51. The number of amides is 1. The summed E-state index contributed by atoms with van der Waals surface area (Å²) in [4.78, 5) is 27.2. The number of aryl methyl sites for hydroxylation is 2. The van der Waals surface area contributed by atoms with Gasteiger partial charge in [0.25, 0.3) is 0 Å². The summed E-state index contributed by atoms with van der Waals surface area (Å²) in [5.74, 6) is 1.34. The molecule has 2 aliphatic rings. The number of anilines is 1. The van der Waals surface area contributed by atoms with Gasteiger partial charge in [0, 0.05) is 68.9 Å². The standard InChI is InChI=1S/C28H35N7O2/c1-18-16-29-25(15-20-17-34(4)32-28(20)37-5)31-26(18)23-10-9-22-21(23)7-6-8-24(22)30-27(36)19(2)35-13-11-33(3)12-14-35/h6-8,10,16-17,19H,9,11-15H2,1-5H3,(H,30,36)/t19-/m0/s1. The van der Waals surface area contributed by atoms with Crippen molar-refractivity contribution in [2.75, 3.05) is 45.7 Å². The van der Waals surface area contributed by atoms with Crippen molar-refractivity contribution < 1.29 is 9.53 Å². The van der Waals surface area contributed by atoms with Gasteiger partial charge in [0.15, 0.2) is 0 Å². The fraction of sp³-hybridized carbons (Fsp3) is 0.429. The Balaban J connectivity index is 1.36. The SMILES string of the molecule is COc1nn(C)cc1Cc1ncc(C)c(C2=CCc3c(NC(=O)[C@H](C)N4CCN(C)CC4)cccc32)n1. The van der Waals surface area contributed by atoms with Gasteiger partial charge in [0.1, 0.15) is 5.82 Å². The number of rotatable bonds is 7. The minimum atomic E-state index is -0.172. The zero-order valence-corrected chi connectivity index (χ0v) is 22.3. The van der Waals surface area contributed by atoms with Crippen molar-refractivity contribution in [3.63, 3.8) is 0 Å². The van der Waals surface area contributed by atoms with Gasteiger partial charge >= 0.3 is 0 Å². The molecule has 5 rings (SSSR count). The van der Waals surface area contributed by atoms with Crippen molar-refractivity contribution >= 4 is 17.2 Å². The van der Waals surface area contributed by atoms with Crippen LogP contribution >= 0.6 is 0 Å². The monoisotopic (exact) mass is 501 g/mol. The molecule has 37 heavy (non-hydrogen) atoms. The van der Waals surface area contributed by atoms with Gasteiger partial charge in [-0.15, -0.1) is 5.10 Å². The topological polar surface area (TPSA) is 88.4 Å². The molecule has 2 aromatic heterocycles. The molecule has 1 aromatic carbocycles. The van der Waals surface area contributed by atoms with E-state index in [1.54, 1.807) is 11.8 Å². The van der Waals surface area contributed by atoms with Crippen molar-refractivity contribution in [2.45, 2.75) is 32.7 Å². The lowest BCUT2D eigenvalue weighted by molar-refractivity contribution is -0.121. The van der Waals surface area contributed by atoms with Crippen LogP contribution in [0.2, 0.25) is 0 Å². The van der Waals surface area contributed by atoms with Gasteiger partial charge in [-0.2, -0.15) is 0 Å². The van der Waals surface area contributed by atoms with E-state index < -0.39 is 0 Å². The van der Waals surface area contributed by atoms with E-state index in [4.69, 9.17) is 9.72 Å². The first-order valence-corrected chi connectivity index (χ1v) is 12.8. The van der Waals surface area contributed by atoms with Crippen LogP contribution in [0, 0.1) is 6.92 Å². The molecule has 0 spiro atoms. The van der Waals surface area contributed by atoms with Gasteiger partial charge in [0.05, 0.1) is 18.8 Å². The van der Waals surface area contributed by atoms with Gasteiger partial charge in [-0.3, -0.25) is 14.4 Å². The van der Waals surface area contributed by atoms with E-state index in [0.717, 1.165) is 71.8 Å². The highest BCUT2D eigenvalue weighted by Gasteiger charge is 2.27. The Bertz CT molecular complexity index is 1340. The molecule has 0 saturated carbocycles. The van der Waals surface area contributed by atoms with Crippen LogP contribution in [0.4, 0.5) is 5.69 Å². The number of piperazine rings is 1. The number of aromatic nitrogens is 4. The van der Waals surface area contributed by atoms with Crippen LogP contribution in [0.5, 0.6) is 5.88 Å². The molecule has 9 heteroatoms. The molecule has 1 amide bonds. The van der Waals surface area contributed by atoms with Gasteiger partial charge in [-0.1, -0.05) is 18.2 Å². The highest BCUT2D eigenvalue weighted by Crippen LogP contribution is 2.37. The summed E-state index contributed by atoms with van der Waals surface area (Å²) in [7, 11) is 5.61. The normalized spacial score (nSPS) is 16.8. The Morgan fingerprint density at radius 3 is 2.73 bits per heavy atom. The summed E-state index contributed by atoms with van der Waals surface area (Å²) in [6.07, 6.45) is 7.30. The van der Waals surface area contributed by atoms with Crippen LogP contribution in [-0.2, 0) is 24.7 Å². The Labute approximate surface area is 218 Å². The highest BCUT2D eigenvalue weighted by molar-refractivity contribution is 5.97. The maximum absolute atomic E-state index is 13.1. The summed E-state index contributed by atoms with van der Waals surface area (Å²) >= 11 is 0. The molecule has 0 unspecified atom stereocenters. The second kappa shape index (κ2) is 10.4. The van der Waals surface area contributed by atoms with Gasteiger partial charge in [-0.25, -0.2) is 9.97 Å². The number of allylic oxidation sites excluding steroid dienone is 1. The smallest absolute Gasteiger partial charge is 0.241 e. The molecule has 1 atom stereocenters. The number of likely N-dealkylation sites (N-methyl/N-ethyl adjacent to an activating group) is 1. The molecule has 3 heterocycles. The van der Waals surface area contributed by atoms with Crippen LogP contribution in [0.3, 0.4) is 0 Å². The maximum Gasteiger partial charge on any atom is 0.241 e. The van der Waals surface area contributed by atoms with E-state index in [9.17, 15) is 4.79 Å². The number of hydrogen-bond donors (Lipinski definition) is 1. The van der Waals surface area contributed by atoms with Crippen LogP contribution in [0.15, 0.2) is 36.7 Å². The van der Waals surface area contributed by atoms with Crippen molar-refractivity contribution in [1.29, 1.82) is 0 Å². The Morgan fingerprint density at radius 1 is 1.19 bits per heavy atom. The maximum atomic E-state index is 13.1. The fourth-order valence-corrected chi connectivity index (χ4v) is 5.14. The molecule has 0 bridgehead atoms. The number of fused-ring (bicyclic) bond motifs is 1. The Morgan fingerprint density at radius 2 is 1.97 bits per heavy atom. The van der Waals surface area contributed by atoms with E-state index >= 15 is 0 Å². The first-order valence-electron chi connectivity index (χ1n) is 12.8. The third-order valence-corrected chi connectivity index (χ3v) is 7.38. The predicted octanol–water partition coefficient (Wildman–Crippen LogP) is 2.68. The van der Waals surface area contributed by atoms with Crippen LogP contribution in [0.25, 0.3) is 5.57 Å². The predicted molar refractivity (Wildman–Crippen MR) is 144 cm³/mol. The molecular weight excluding hydrogens is 466 g/mol. The van der Waals surface area contributed by atoms with Crippen molar-refractivity contribution in [1.82, 2.24) is 29.5 Å². The lowest BCUT2D eigenvalue weighted by Gasteiger charge is -2.35. The van der Waals surface area contributed by atoms with Crippen LogP contribution in [-0.4, -0.2) is 81.8 Å². The third kappa shape index (κ3) is 5.14. The number of hydrogen-bond acceptors (Lipinski definition) is 7. The molecule has 0 radical (unpaired) electrons. The lowest BCUT2D eigenvalue weighted by atomic mass is 9.99. The molecule has 1 aliphatic heterocycles. The average molecular weight is 502 g/mol. The summed E-state index contributed by atoms with van der Waals surface area (Å²) in [5.41, 5.74) is 7.07. The highest BCUT2D eigenvalue weighted by atomic mass is 16.5. The molecule has 1 N–H and O–H groups in total. The molecular formula is C28H35N7O2. The fourth-order valence-electron chi connectivity index (χ4n) is 5.14. The van der Waals surface area contributed by atoms with E-state index in [1.807, 2.05) is 45.4 Å². The summed E-state index contributed by atoms with van der Waals surface area (Å²) in [6.45, 7) is 7.81. The minimum Gasteiger partial charge on any atom is -0.480 e. The quantitative estimate of drug-likeness (QED) is 0.533. The number of carbonyl (C=O) groups excluding carboxylic acids is 1. The molecule has 9 nitrogen and oxygen atoms in total. The number of methoxy groups -OCH3 is 1. The Hall–Kier alpha value is -3.56. The largest absolute Gasteiger partial charge is 0.480 e. The third-order valence-electron chi connectivity index (χ3n) is 7.38. The van der Waals surface area contributed by atoms with E-state index in [1.165, 1.54) is 0 Å². The zero-order chi connectivity index (χ0) is 26.1. The average Bonchev–Trinajstić information content (AvgIpc) is 3.48. The van der Waals surface area contributed by atoms with Crippen molar-refractivity contribution in [3.05, 3.63) is 70.4 Å². The number of nitrogens with zero attached hydrogens (tertiary/aromatic N) is 6. The number of carbonyl (C=O) groups is 1. The molecule has 3 aromatic rings. The van der Waals surface area contributed by atoms with Crippen molar-refractivity contribution in [3.8, 4) is 5.88 Å².